The van der Waals surface area contributed by atoms with Crippen molar-refractivity contribution < 1.29 is 4.74 Å². The predicted octanol–water partition coefficient (Wildman–Crippen LogP) is 5.43. The molecule has 2 heteroatoms. The molecule has 1 heterocycles. The van der Waals surface area contributed by atoms with E-state index in [1.807, 2.05) is 12.1 Å². The molecule has 0 saturated heterocycles. The molecule has 1 aliphatic heterocycles. The molecule has 0 unspecified atom stereocenters. The van der Waals surface area contributed by atoms with E-state index in [9.17, 15) is 0 Å². The minimum Gasteiger partial charge on any atom is -0.457 e. The highest BCUT2D eigenvalue weighted by molar-refractivity contribution is 5.62. The van der Waals surface area contributed by atoms with Crippen molar-refractivity contribution in [1.82, 2.24) is 4.90 Å². The topological polar surface area (TPSA) is 12.5 Å². The van der Waals surface area contributed by atoms with Crippen LogP contribution in [0.25, 0.3) is 0 Å². The summed E-state index contributed by atoms with van der Waals surface area (Å²) in [5.41, 5.74) is 3.37. The van der Waals surface area contributed by atoms with Gasteiger partial charge in [-0.1, -0.05) is 80.6 Å². The molecule has 4 rings (SSSR count). The van der Waals surface area contributed by atoms with Gasteiger partial charge in [0.25, 0.3) is 0 Å². The average molecular weight is 329 g/mol. The van der Waals surface area contributed by atoms with Crippen LogP contribution < -0.4 is 4.74 Å². The van der Waals surface area contributed by atoms with Crippen LogP contribution in [-0.4, -0.2) is 18.0 Å². The van der Waals surface area contributed by atoms with Gasteiger partial charge in [-0.2, -0.15) is 0 Å². The summed E-state index contributed by atoms with van der Waals surface area (Å²) in [6, 6.07) is 27.7. The number of nitrogens with zero attached hydrogens (tertiary/aromatic N) is 1. The molecule has 0 bridgehead atoms. The zero-order valence-corrected chi connectivity index (χ0v) is 14.8. The second-order valence-electron chi connectivity index (χ2n) is 6.34. The molecule has 2 nitrogen and oxygen atoms in total. The van der Waals surface area contributed by atoms with Gasteiger partial charge in [-0.15, -0.1) is 0 Å². The summed E-state index contributed by atoms with van der Waals surface area (Å²) in [6.07, 6.45) is 0. The summed E-state index contributed by atoms with van der Waals surface area (Å²) >= 11 is 0. The first kappa shape index (κ1) is 15.9. The van der Waals surface area contributed by atoms with Crippen molar-refractivity contribution in [2.24, 2.45) is 0 Å². The van der Waals surface area contributed by atoms with Crippen molar-refractivity contribution in [2.45, 2.75) is 19.4 Å². The van der Waals surface area contributed by atoms with Crippen LogP contribution in [0.15, 0.2) is 78.9 Å². The third kappa shape index (κ3) is 2.29. The molecular formula is C23H23NO. The van der Waals surface area contributed by atoms with Crippen molar-refractivity contribution in [3.05, 3.63) is 95.6 Å². The maximum atomic E-state index is 6.27. The van der Waals surface area contributed by atoms with Gasteiger partial charge in [0.1, 0.15) is 17.0 Å². The molecule has 25 heavy (non-hydrogen) atoms. The fourth-order valence-electron chi connectivity index (χ4n) is 4.18. The second kappa shape index (κ2) is 6.38. The smallest absolute Gasteiger partial charge is 0.133 e. The van der Waals surface area contributed by atoms with Crippen molar-refractivity contribution in [2.75, 3.05) is 13.1 Å². The van der Waals surface area contributed by atoms with Gasteiger partial charge in [0.2, 0.25) is 0 Å². The number of para-hydroxylation sites is 2. The van der Waals surface area contributed by atoms with Crippen LogP contribution >= 0.6 is 0 Å². The molecule has 0 atom stereocenters. The summed E-state index contributed by atoms with van der Waals surface area (Å²) in [5, 5.41) is 0. The monoisotopic (exact) mass is 329 g/mol. The molecule has 0 N–H and O–H groups in total. The Bertz CT molecular complexity index is 823. The summed E-state index contributed by atoms with van der Waals surface area (Å²) in [7, 11) is 0. The van der Waals surface area contributed by atoms with Gasteiger partial charge in [0, 0.05) is 11.1 Å². The first-order valence-corrected chi connectivity index (χ1v) is 8.99. The summed E-state index contributed by atoms with van der Waals surface area (Å²) in [6.45, 7) is 6.37. The van der Waals surface area contributed by atoms with Crippen LogP contribution in [0.4, 0.5) is 0 Å². The van der Waals surface area contributed by atoms with Gasteiger partial charge in [-0.05, 0) is 30.8 Å². The molecular weight excluding hydrogens is 306 g/mol. The zero-order chi connectivity index (χ0) is 17.3. The molecule has 0 radical (unpaired) electrons. The van der Waals surface area contributed by atoms with E-state index in [4.69, 9.17) is 4.74 Å². The highest BCUT2D eigenvalue weighted by Crippen LogP contribution is 2.53. The lowest BCUT2D eigenvalue weighted by atomic mass is 9.73. The first-order chi connectivity index (χ1) is 12.3. The van der Waals surface area contributed by atoms with E-state index in [1.165, 1.54) is 16.7 Å². The Morgan fingerprint density at radius 1 is 0.680 bits per heavy atom. The van der Waals surface area contributed by atoms with Crippen LogP contribution in [0, 0.1) is 0 Å². The third-order valence-corrected chi connectivity index (χ3v) is 5.20. The largest absolute Gasteiger partial charge is 0.457 e. The van der Waals surface area contributed by atoms with E-state index in [0.29, 0.717) is 0 Å². The molecule has 0 spiro atoms. The minimum atomic E-state index is -0.337. The number of ether oxygens (including phenoxy) is 1. The van der Waals surface area contributed by atoms with E-state index in [1.54, 1.807) is 0 Å². The van der Waals surface area contributed by atoms with E-state index < -0.39 is 0 Å². The first-order valence-electron chi connectivity index (χ1n) is 8.99. The summed E-state index contributed by atoms with van der Waals surface area (Å²) in [4.78, 5) is 2.53. The fraction of sp³-hybridized carbons (Fsp3) is 0.217. The van der Waals surface area contributed by atoms with Gasteiger partial charge in [0.15, 0.2) is 0 Å². The van der Waals surface area contributed by atoms with Crippen molar-refractivity contribution in [3.8, 4) is 11.5 Å². The van der Waals surface area contributed by atoms with Gasteiger partial charge in [-0.3, -0.25) is 4.90 Å². The summed E-state index contributed by atoms with van der Waals surface area (Å²) < 4.78 is 6.27. The number of hydrogen-bond donors (Lipinski definition) is 0. The number of rotatable bonds is 4. The van der Waals surface area contributed by atoms with Crippen LogP contribution in [0.2, 0.25) is 0 Å². The number of hydrogen-bond acceptors (Lipinski definition) is 2. The van der Waals surface area contributed by atoms with Crippen molar-refractivity contribution >= 4 is 0 Å². The van der Waals surface area contributed by atoms with Crippen LogP contribution in [0.1, 0.15) is 30.5 Å². The van der Waals surface area contributed by atoms with E-state index in [0.717, 1.165) is 24.6 Å². The Labute approximate surface area is 149 Å². The average Bonchev–Trinajstić information content (AvgIpc) is 2.69. The van der Waals surface area contributed by atoms with E-state index in [2.05, 4.69) is 85.5 Å². The van der Waals surface area contributed by atoms with Crippen LogP contribution in [0.5, 0.6) is 11.5 Å². The van der Waals surface area contributed by atoms with Crippen LogP contribution in [-0.2, 0) is 5.54 Å². The van der Waals surface area contributed by atoms with Crippen molar-refractivity contribution in [3.63, 3.8) is 0 Å². The normalized spacial score (nSPS) is 14.5. The highest BCUT2D eigenvalue weighted by atomic mass is 16.5. The number of fused-ring (bicyclic) bond motifs is 2. The fourth-order valence-corrected chi connectivity index (χ4v) is 4.18. The lowest BCUT2D eigenvalue weighted by Gasteiger charge is -2.47. The Morgan fingerprint density at radius 3 is 1.68 bits per heavy atom. The summed E-state index contributed by atoms with van der Waals surface area (Å²) in [5.74, 6) is 1.88. The molecule has 0 fully saturated rings. The van der Waals surface area contributed by atoms with Gasteiger partial charge in [-0.25, -0.2) is 0 Å². The molecule has 126 valence electrons. The Morgan fingerprint density at radius 2 is 1.16 bits per heavy atom. The lowest BCUT2D eigenvalue weighted by molar-refractivity contribution is 0.161. The highest BCUT2D eigenvalue weighted by Gasteiger charge is 2.46. The molecule has 0 aromatic heterocycles. The van der Waals surface area contributed by atoms with Gasteiger partial charge in [0.05, 0.1) is 0 Å². The quantitative estimate of drug-likeness (QED) is 0.633. The maximum Gasteiger partial charge on any atom is 0.133 e. The van der Waals surface area contributed by atoms with Gasteiger partial charge < -0.3 is 4.74 Å². The predicted molar refractivity (Wildman–Crippen MR) is 102 cm³/mol. The van der Waals surface area contributed by atoms with Crippen molar-refractivity contribution in [1.29, 1.82) is 0 Å². The second-order valence-corrected chi connectivity index (χ2v) is 6.34. The number of benzene rings is 3. The molecule has 0 aliphatic carbocycles. The van der Waals surface area contributed by atoms with E-state index >= 15 is 0 Å². The molecule has 0 amide bonds. The Balaban J connectivity index is 2.13. The van der Waals surface area contributed by atoms with Crippen LogP contribution in [0.3, 0.4) is 0 Å². The molecule has 1 aliphatic rings. The Hall–Kier alpha value is -2.58. The SMILES string of the molecule is CCN(CC)C1(c2ccccc2)c2ccccc2Oc2ccccc21. The zero-order valence-electron chi connectivity index (χ0n) is 14.8. The molecule has 3 aromatic carbocycles. The molecule has 3 aromatic rings. The third-order valence-electron chi connectivity index (χ3n) is 5.20. The molecule has 0 saturated carbocycles. The minimum absolute atomic E-state index is 0.337. The lowest BCUT2D eigenvalue weighted by Crippen LogP contribution is -2.49. The Kier molecular flexibility index (Phi) is 4.06. The van der Waals surface area contributed by atoms with Gasteiger partial charge >= 0.3 is 0 Å². The standard InChI is InChI=1S/C23H23NO/c1-3-24(4-2)23(18-12-6-5-7-13-18)19-14-8-10-16-21(19)25-22-17-11-9-15-20(22)23/h5-17H,3-4H2,1-2H3. The maximum absolute atomic E-state index is 6.27. The van der Waals surface area contributed by atoms with E-state index in [-0.39, 0.29) is 5.54 Å².